The van der Waals surface area contributed by atoms with Gasteiger partial charge >= 0.3 is 6.03 Å². The normalized spacial score (nSPS) is 19.4. The molecule has 178 valence electrons. The summed E-state index contributed by atoms with van der Waals surface area (Å²) in [6.45, 7) is 3.20. The van der Waals surface area contributed by atoms with E-state index in [-0.39, 0.29) is 19.4 Å². The third-order valence-electron chi connectivity index (χ3n) is 6.42. The molecule has 4 amide bonds. The van der Waals surface area contributed by atoms with E-state index in [4.69, 9.17) is 9.47 Å². The summed E-state index contributed by atoms with van der Waals surface area (Å²) >= 11 is 0. The molecule has 8 nitrogen and oxygen atoms in total. The largest absolute Gasteiger partial charge is 0.454 e. The SMILES string of the molecule is C[C@H](NC(=O)CN1C(=O)N[C@@](C)(c2ccc3c(c2)OCO3)C1=O)c1ccc(-c2ccccc2)cc1. The summed E-state index contributed by atoms with van der Waals surface area (Å²) in [6, 6.07) is 22.1. The number of nitrogens with zero attached hydrogens (tertiary/aromatic N) is 1. The number of rotatable bonds is 6. The second-order valence-corrected chi connectivity index (χ2v) is 8.79. The van der Waals surface area contributed by atoms with E-state index in [0.717, 1.165) is 21.6 Å². The average Bonchev–Trinajstić information content (AvgIpc) is 3.43. The molecule has 0 saturated carbocycles. The Morgan fingerprint density at radius 3 is 2.43 bits per heavy atom. The first-order chi connectivity index (χ1) is 16.8. The number of fused-ring (bicyclic) bond motifs is 1. The maximum atomic E-state index is 13.2. The van der Waals surface area contributed by atoms with Gasteiger partial charge in [-0.3, -0.25) is 14.5 Å². The fourth-order valence-corrected chi connectivity index (χ4v) is 4.35. The van der Waals surface area contributed by atoms with Crippen molar-refractivity contribution >= 4 is 17.8 Å². The van der Waals surface area contributed by atoms with Crippen LogP contribution in [0, 0.1) is 0 Å². The molecular weight excluding hydrogens is 446 g/mol. The minimum absolute atomic E-state index is 0.106. The van der Waals surface area contributed by atoms with Gasteiger partial charge in [-0.25, -0.2) is 4.79 Å². The van der Waals surface area contributed by atoms with Crippen LogP contribution in [0.1, 0.15) is 31.0 Å². The number of amides is 4. The molecule has 2 aliphatic rings. The molecule has 0 aliphatic carbocycles. The molecule has 2 atom stereocenters. The molecule has 5 rings (SSSR count). The van der Waals surface area contributed by atoms with Gasteiger partial charge in [-0.05, 0) is 48.2 Å². The third-order valence-corrected chi connectivity index (χ3v) is 6.42. The number of urea groups is 1. The maximum absolute atomic E-state index is 13.2. The highest BCUT2D eigenvalue weighted by Gasteiger charge is 2.50. The van der Waals surface area contributed by atoms with E-state index >= 15 is 0 Å². The number of imide groups is 1. The molecule has 35 heavy (non-hydrogen) atoms. The Balaban J connectivity index is 1.24. The Kier molecular flexibility index (Phi) is 5.64. The van der Waals surface area contributed by atoms with Gasteiger partial charge in [0.2, 0.25) is 12.7 Å². The van der Waals surface area contributed by atoms with Gasteiger partial charge in [-0.1, -0.05) is 60.7 Å². The minimum atomic E-state index is -1.31. The van der Waals surface area contributed by atoms with Crippen LogP contribution in [-0.4, -0.2) is 36.1 Å². The molecule has 2 heterocycles. The summed E-state index contributed by atoms with van der Waals surface area (Å²) in [5, 5.41) is 5.59. The fraction of sp³-hybridized carbons (Fsp3) is 0.222. The molecule has 1 saturated heterocycles. The van der Waals surface area contributed by atoms with Crippen molar-refractivity contribution in [2.24, 2.45) is 0 Å². The highest BCUT2D eigenvalue weighted by molar-refractivity contribution is 6.09. The van der Waals surface area contributed by atoms with Crippen LogP contribution in [-0.2, 0) is 15.1 Å². The van der Waals surface area contributed by atoms with Gasteiger partial charge in [-0.2, -0.15) is 0 Å². The summed E-state index contributed by atoms with van der Waals surface area (Å²) in [4.78, 5) is 39.5. The smallest absolute Gasteiger partial charge is 0.325 e. The van der Waals surface area contributed by atoms with Crippen LogP contribution >= 0.6 is 0 Å². The quantitative estimate of drug-likeness (QED) is 0.534. The van der Waals surface area contributed by atoms with Crippen LogP contribution in [0.2, 0.25) is 0 Å². The van der Waals surface area contributed by atoms with Crippen LogP contribution in [0.15, 0.2) is 72.8 Å². The van der Waals surface area contributed by atoms with Crippen molar-refractivity contribution in [3.63, 3.8) is 0 Å². The van der Waals surface area contributed by atoms with Crippen molar-refractivity contribution in [2.45, 2.75) is 25.4 Å². The van der Waals surface area contributed by atoms with Gasteiger partial charge < -0.3 is 20.1 Å². The van der Waals surface area contributed by atoms with E-state index in [1.165, 1.54) is 0 Å². The van der Waals surface area contributed by atoms with Crippen LogP contribution in [0.5, 0.6) is 11.5 Å². The van der Waals surface area contributed by atoms with E-state index in [2.05, 4.69) is 10.6 Å². The summed E-state index contributed by atoms with van der Waals surface area (Å²) in [5.41, 5.74) is 2.35. The molecule has 3 aromatic rings. The zero-order chi connectivity index (χ0) is 24.6. The van der Waals surface area contributed by atoms with Crippen molar-refractivity contribution in [1.82, 2.24) is 15.5 Å². The second-order valence-electron chi connectivity index (χ2n) is 8.79. The Bertz CT molecular complexity index is 1290. The van der Waals surface area contributed by atoms with Crippen molar-refractivity contribution < 1.29 is 23.9 Å². The number of carbonyl (C=O) groups is 3. The van der Waals surface area contributed by atoms with Gasteiger partial charge in [0.05, 0.1) is 6.04 Å². The first-order valence-corrected chi connectivity index (χ1v) is 11.3. The van der Waals surface area contributed by atoms with E-state index in [9.17, 15) is 14.4 Å². The molecular formula is C27H25N3O5. The lowest BCUT2D eigenvalue weighted by Crippen LogP contribution is -2.43. The summed E-state index contributed by atoms with van der Waals surface area (Å²) in [6.07, 6.45) is 0. The van der Waals surface area contributed by atoms with Crippen LogP contribution in [0.3, 0.4) is 0 Å². The molecule has 1 fully saturated rings. The van der Waals surface area contributed by atoms with Crippen molar-refractivity contribution in [3.05, 3.63) is 83.9 Å². The fourth-order valence-electron chi connectivity index (χ4n) is 4.35. The Labute approximate surface area is 202 Å². The maximum Gasteiger partial charge on any atom is 0.325 e. The molecule has 3 aromatic carbocycles. The van der Waals surface area contributed by atoms with Crippen molar-refractivity contribution in [1.29, 1.82) is 0 Å². The molecule has 2 aliphatic heterocycles. The lowest BCUT2D eigenvalue weighted by Gasteiger charge is -2.22. The second kappa shape index (κ2) is 8.79. The lowest BCUT2D eigenvalue weighted by atomic mass is 9.91. The molecule has 0 radical (unpaired) electrons. The van der Waals surface area contributed by atoms with Gasteiger partial charge in [0.25, 0.3) is 5.91 Å². The highest BCUT2D eigenvalue weighted by Crippen LogP contribution is 2.37. The zero-order valence-electron chi connectivity index (χ0n) is 19.4. The van der Waals surface area contributed by atoms with Crippen LogP contribution in [0.4, 0.5) is 4.79 Å². The van der Waals surface area contributed by atoms with Gasteiger partial charge in [0, 0.05) is 0 Å². The molecule has 8 heteroatoms. The van der Waals surface area contributed by atoms with Crippen LogP contribution in [0.25, 0.3) is 11.1 Å². The lowest BCUT2D eigenvalue weighted by molar-refractivity contribution is -0.135. The average molecular weight is 472 g/mol. The number of hydrogen-bond donors (Lipinski definition) is 2. The van der Waals surface area contributed by atoms with E-state index in [1.807, 2.05) is 61.5 Å². The predicted octanol–water partition coefficient (Wildman–Crippen LogP) is 3.73. The van der Waals surface area contributed by atoms with Gasteiger partial charge in [0.1, 0.15) is 12.1 Å². The van der Waals surface area contributed by atoms with Gasteiger partial charge in [0.15, 0.2) is 11.5 Å². The van der Waals surface area contributed by atoms with E-state index < -0.39 is 23.4 Å². The summed E-state index contributed by atoms with van der Waals surface area (Å²) in [5.74, 6) is 0.157. The van der Waals surface area contributed by atoms with Gasteiger partial charge in [-0.15, -0.1) is 0 Å². The molecule has 0 spiro atoms. The number of hydrogen-bond acceptors (Lipinski definition) is 5. The highest BCUT2D eigenvalue weighted by atomic mass is 16.7. The number of nitrogens with one attached hydrogen (secondary N) is 2. The zero-order valence-corrected chi connectivity index (χ0v) is 19.4. The van der Waals surface area contributed by atoms with Crippen LogP contribution < -0.4 is 20.1 Å². The summed E-state index contributed by atoms with van der Waals surface area (Å²) in [7, 11) is 0. The van der Waals surface area contributed by atoms with E-state index in [1.54, 1.807) is 25.1 Å². The molecule has 0 unspecified atom stereocenters. The van der Waals surface area contributed by atoms with Crippen molar-refractivity contribution in [2.75, 3.05) is 13.3 Å². The Morgan fingerprint density at radius 2 is 1.69 bits per heavy atom. The third kappa shape index (κ3) is 4.19. The summed E-state index contributed by atoms with van der Waals surface area (Å²) < 4.78 is 10.7. The first-order valence-electron chi connectivity index (χ1n) is 11.3. The Morgan fingerprint density at radius 1 is 1.00 bits per heavy atom. The van der Waals surface area contributed by atoms with E-state index in [0.29, 0.717) is 17.1 Å². The number of ether oxygens (including phenoxy) is 2. The standard InChI is InChI=1S/C27H25N3O5/c1-17(18-8-10-20(11-9-18)19-6-4-3-5-7-19)28-24(31)15-30-25(32)27(2,29-26(30)33)21-12-13-22-23(14-21)35-16-34-22/h3-14,17H,15-16H2,1-2H3,(H,28,31)(H,29,33)/t17-,27-/m0/s1. The minimum Gasteiger partial charge on any atom is -0.454 e. The molecule has 2 N–H and O–H groups in total. The topological polar surface area (TPSA) is 97.0 Å². The van der Waals surface area contributed by atoms with Crippen molar-refractivity contribution in [3.8, 4) is 22.6 Å². The number of benzene rings is 3. The Hall–Kier alpha value is -4.33. The monoisotopic (exact) mass is 471 g/mol. The molecule has 0 aromatic heterocycles. The number of carbonyl (C=O) groups excluding carboxylic acids is 3. The molecule has 0 bridgehead atoms. The first kappa shape index (κ1) is 22.5. The predicted molar refractivity (Wildman–Crippen MR) is 129 cm³/mol.